The molecule has 0 saturated carbocycles. The van der Waals surface area contributed by atoms with E-state index in [0.29, 0.717) is 53.0 Å². The van der Waals surface area contributed by atoms with Gasteiger partial charge in [0, 0.05) is 61.9 Å². The van der Waals surface area contributed by atoms with Crippen molar-refractivity contribution >= 4 is 46.4 Å². The van der Waals surface area contributed by atoms with Crippen LogP contribution in [0.4, 0.5) is 0 Å². The van der Waals surface area contributed by atoms with E-state index in [2.05, 4.69) is 9.88 Å². The first-order chi connectivity index (χ1) is 14.0. The number of hydrogen-bond donors (Lipinski definition) is 0. The van der Waals surface area contributed by atoms with Crippen LogP contribution in [-0.4, -0.2) is 83.4 Å². The van der Waals surface area contributed by atoms with Crippen molar-refractivity contribution in [3.63, 3.8) is 0 Å². The second-order valence-electron chi connectivity index (χ2n) is 6.98. The molecule has 2 amide bonds. The molecule has 0 atom stereocenters. The maximum absolute atomic E-state index is 12.4. The molecule has 0 unspecified atom stereocenters. The topological polar surface area (TPSA) is 66.0 Å². The smallest absolute Gasteiger partial charge is 0.282 e. The van der Waals surface area contributed by atoms with Crippen LogP contribution in [0, 0.1) is 0 Å². The van der Waals surface area contributed by atoms with E-state index in [9.17, 15) is 9.59 Å². The van der Waals surface area contributed by atoms with Gasteiger partial charge in [0.15, 0.2) is 11.6 Å². The average molecular weight is 455 g/mol. The summed E-state index contributed by atoms with van der Waals surface area (Å²) in [7, 11) is 0. The zero-order chi connectivity index (χ0) is 20.4. The number of piperazine rings is 1. The standard InChI is InChI=1S/C19H20Cl2N4O3S/c20-13-1-2-16(15(21)9-13)28-12-17(26)25-10-14(11-25)23-4-6-24(7-5-23)19(27)18-22-3-8-29-18/h1-3,8-9,14H,4-7,10-12H2. The van der Waals surface area contributed by atoms with E-state index in [1.54, 1.807) is 29.3 Å². The summed E-state index contributed by atoms with van der Waals surface area (Å²) in [6, 6.07) is 5.24. The van der Waals surface area contributed by atoms with Gasteiger partial charge in [0.25, 0.3) is 11.8 Å². The largest absolute Gasteiger partial charge is 0.482 e. The third-order valence-corrected chi connectivity index (χ3v) is 6.48. The van der Waals surface area contributed by atoms with Gasteiger partial charge in [-0.25, -0.2) is 4.98 Å². The third kappa shape index (κ3) is 4.66. The van der Waals surface area contributed by atoms with Gasteiger partial charge < -0.3 is 14.5 Å². The normalized spacial score (nSPS) is 17.9. The van der Waals surface area contributed by atoms with Crippen LogP contribution in [0.3, 0.4) is 0 Å². The molecule has 0 spiro atoms. The maximum atomic E-state index is 12.4. The number of carbonyl (C=O) groups is 2. The Morgan fingerprint density at radius 1 is 1.14 bits per heavy atom. The highest BCUT2D eigenvalue weighted by Crippen LogP contribution is 2.27. The Bertz CT molecular complexity index is 882. The molecule has 7 nitrogen and oxygen atoms in total. The summed E-state index contributed by atoms with van der Waals surface area (Å²) in [6.45, 7) is 4.28. The van der Waals surface area contributed by atoms with Crippen LogP contribution >= 0.6 is 34.5 Å². The maximum Gasteiger partial charge on any atom is 0.282 e. The summed E-state index contributed by atoms with van der Waals surface area (Å²) in [4.78, 5) is 34.8. The van der Waals surface area contributed by atoms with Crippen LogP contribution in [0.2, 0.25) is 10.0 Å². The minimum atomic E-state index is -0.0650. The molecular weight excluding hydrogens is 435 g/mol. The fraction of sp³-hybridized carbons (Fsp3) is 0.421. The first kappa shape index (κ1) is 20.4. The van der Waals surface area contributed by atoms with E-state index in [-0.39, 0.29) is 18.4 Å². The van der Waals surface area contributed by atoms with Crippen LogP contribution in [0.5, 0.6) is 5.75 Å². The predicted octanol–water partition coefficient (Wildman–Crippen LogP) is 2.50. The SMILES string of the molecule is O=C(COc1ccc(Cl)cc1Cl)N1CC(N2CCN(C(=O)c3nccs3)CC2)C1. The lowest BCUT2D eigenvalue weighted by molar-refractivity contribution is -0.141. The van der Waals surface area contributed by atoms with Crippen molar-refractivity contribution in [2.75, 3.05) is 45.9 Å². The number of ether oxygens (including phenoxy) is 1. The Labute approximate surface area is 182 Å². The molecule has 2 fully saturated rings. The summed E-state index contributed by atoms with van der Waals surface area (Å²) < 4.78 is 5.52. The highest BCUT2D eigenvalue weighted by molar-refractivity contribution is 7.11. The quantitative estimate of drug-likeness (QED) is 0.694. The highest BCUT2D eigenvalue weighted by Gasteiger charge is 2.36. The molecule has 1 aromatic heterocycles. The van der Waals surface area contributed by atoms with Gasteiger partial charge in [0.05, 0.1) is 5.02 Å². The lowest BCUT2D eigenvalue weighted by Crippen LogP contribution is -2.65. The molecular formula is C19H20Cl2N4O3S. The second kappa shape index (κ2) is 8.87. The fourth-order valence-electron chi connectivity index (χ4n) is 3.47. The Morgan fingerprint density at radius 2 is 1.90 bits per heavy atom. The molecule has 29 heavy (non-hydrogen) atoms. The number of nitrogens with zero attached hydrogens (tertiary/aromatic N) is 4. The van der Waals surface area contributed by atoms with E-state index >= 15 is 0 Å². The number of hydrogen-bond acceptors (Lipinski definition) is 6. The molecule has 2 aliphatic heterocycles. The molecule has 3 heterocycles. The highest BCUT2D eigenvalue weighted by atomic mass is 35.5. The second-order valence-corrected chi connectivity index (χ2v) is 8.72. The van der Waals surface area contributed by atoms with Crippen molar-refractivity contribution < 1.29 is 14.3 Å². The number of rotatable bonds is 5. The van der Waals surface area contributed by atoms with Gasteiger partial charge in [-0.2, -0.15) is 0 Å². The Hall–Kier alpha value is -1.87. The number of halogens is 2. The molecule has 2 aromatic rings. The number of benzene rings is 1. The van der Waals surface area contributed by atoms with Gasteiger partial charge in [0.2, 0.25) is 0 Å². The van der Waals surface area contributed by atoms with Crippen LogP contribution in [0.25, 0.3) is 0 Å². The van der Waals surface area contributed by atoms with Gasteiger partial charge in [-0.15, -0.1) is 11.3 Å². The number of aromatic nitrogens is 1. The first-order valence-corrected chi connectivity index (χ1v) is 10.9. The van der Waals surface area contributed by atoms with Crippen molar-refractivity contribution in [3.8, 4) is 5.75 Å². The summed E-state index contributed by atoms with van der Waals surface area (Å²) in [6.07, 6.45) is 1.65. The van der Waals surface area contributed by atoms with E-state index in [4.69, 9.17) is 27.9 Å². The average Bonchev–Trinajstić information content (AvgIpc) is 3.21. The van der Waals surface area contributed by atoms with E-state index in [1.165, 1.54) is 11.3 Å². The predicted molar refractivity (Wildman–Crippen MR) is 112 cm³/mol. The van der Waals surface area contributed by atoms with Gasteiger partial charge in [-0.05, 0) is 18.2 Å². The van der Waals surface area contributed by atoms with E-state index in [0.717, 1.165) is 13.1 Å². The Balaban J connectivity index is 1.19. The van der Waals surface area contributed by atoms with Crippen LogP contribution in [0.1, 0.15) is 9.80 Å². The summed E-state index contributed by atoms with van der Waals surface area (Å²) in [5.74, 6) is 0.385. The van der Waals surface area contributed by atoms with E-state index in [1.807, 2.05) is 10.3 Å². The molecule has 2 aliphatic rings. The van der Waals surface area contributed by atoms with Crippen molar-refractivity contribution in [1.29, 1.82) is 0 Å². The Kier molecular flexibility index (Phi) is 6.24. The number of carbonyl (C=O) groups excluding carboxylic acids is 2. The third-order valence-electron chi connectivity index (χ3n) is 5.19. The molecule has 4 rings (SSSR count). The lowest BCUT2D eigenvalue weighted by Gasteiger charge is -2.48. The lowest BCUT2D eigenvalue weighted by atomic mass is 10.1. The van der Waals surface area contributed by atoms with Crippen LogP contribution < -0.4 is 4.74 Å². The molecule has 10 heteroatoms. The monoisotopic (exact) mass is 454 g/mol. The first-order valence-electron chi connectivity index (χ1n) is 9.29. The summed E-state index contributed by atoms with van der Waals surface area (Å²) in [5, 5.41) is 3.26. The van der Waals surface area contributed by atoms with Gasteiger partial charge >= 0.3 is 0 Å². The summed E-state index contributed by atoms with van der Waals surface area (Å²) in [5.41, 5.74) is 0. The van der Waals surface area contributed by atoms with Gasteiger partial charge in [-0.3, -0.25) is 14.5 Å². The van der Waals surface area contributed by atoms with Crippen molar-refractivity contribution in [2.24, 2.45) is 0 Å². The van der Waals surface area contributed by atoms with Crippen molar-refractivity contribution in [3.05, 3.63) is 44.8 Å². The number of thiazole rings is 1. The number of amides is 2. The molecule has 0 N–H and O–H groups in total. The molecule has 1 aromatic carbocycles. The summed E-state index contributed by atoms with van der Waals surface area (Å²) >= 11 is 13.3. The molecule has 2 saturated heterocycles. The van der Waals surface area contributed by atoms with E-state index < -0.39 is 0 Å². The van der Waals surface area contributed by atoms with Crippen molar-refractivity contribution in [2.45, 2.75) is 6.04 Å². The molecule has 0 bridgehead atoms. The van der Waals surface area contributed by atoms with Gasteiger partial charge in [-0.1, -0.05) is 23.2 Å². The van der Waals surface area contributed by atoms with Gasteiger partial charge in [0.1, 0.15) is 5.75 Å². The zero-order valence-corrected chi connectivity index (χ0v) is 17.9. The Morgan fingerprint density at radius 3 is 2.55 bits per heavy atom. The minimum absolute atomic E-state index is 0.00285. The fourth-order valence-corrected chi connectivity index (χ4v) is 4.53. The van der Waals surface area contributed by atoms with Crippen LogP contribution in [0.15, 0.2) is 29.8 Å². The molecule has 0 radical (unpaired) electrons. The molecule has 154 valence electrons. The van der Waals surface area contributed by atoms with Crippen molar-refractivity contribution in [1.82, 2.24) is 19.7 Å². The van der Waals surface area contributed by atoms with Crippen LogP contribution in [-0.2, 0) is 4.79 Å². The zero-order valence-electron chi connectivity index (χ0n) is 15.6. The minimum Gasteiger partial charge on any atom is -0.482 e. The number of likely N-dealkylation sites (tertiary alicyclic amines) is 1. The molecule has 0 aliphatic carbocycles.